The van der Waals surface area contributed by atoms with Crippen LogP contribution in [-0.2, 0) is 16.1 Å². The van der Waals surface area contributed by atoms with E-state index < -0.39 is 0 Å². The molecule has 2 rings (SSSR count). The van der Waals surface area contributed by atoms with Crippen molar-refractivity contribution in [1.82, 2.24) is 9.97 Å². The number of hydrogen-bond acceptors (Lipinski definition) is 6. The number of hydrogen-bond donors (Lipinski definition) is 1. The maximum atomic E-state index is 9.11. The van der Waals surface area contributed by atoms with Gasteiger partial charge in [-0.1, -0.05) is 0 Å². The zero-order chi connectivity index (χ0) is 15.8. The van der Waals surface area contributed by atoms with Crippen molar-refractivity contribution in [1.29, 1.82) is 0 Å². The molecule has 0 aliphatic heterocycles. The normalized spacial score (nSPS) is 12.1. The van der Waals surface area contributed by atoms with Crippen LogP contribution in [0, 0.1) is 0 Å². The monoisotopic (exact) mass is 304 g/mol. The minimum Gasteiger partial charge on any atom is -0.491 e. The summed E-state index contributed by atoms with van der Waals surface area (Å²) < 4.78 is 15.9. The minimum absolute atomic E-state index is 0.103. The van der Waals surface area contributed by atoms with Gasteiger partial charge >= 0.3 is 0 Å². The second-order valence-corrected chi connectivity index (χ2v) is 4.68. The van der Waals surface area contributed by atoms with Crippen molar-refractivity contribution in [2.24, 2.45) is 0 Å². The third-order valence-electron chi connectivity index (χ3n) is 3.11. The van der Waals surface area contributed by atoms with Crippen LogP contribution in [0.15, 0.2) is 36.5 Å². The lowest BCUT2D eigenvalue weighted by molar-refractivity contribution is 0.000879. The minimum atomic E-state index is -0.103. The highest BCUT2D eigenvalue weighted by molar-refractivity contribution is 5.56. The molecule has 0 fully saturated rings. The molecule has 1 atom stereocenters. The van der Waals surface area contributed by atoms with Crippen LogP contribution in [0.3, 0.4) is 0 Å². The van der Waals surface area contributed by atoms with Crippen LogP contribution >= 0.6 is 0 Å². The van der Waals surface area contributed by atoms with Crippen LogP contribution in [0.25, 0.3) is 11.4 Å². The number of benzene rings is 1. The molecule has 0 radical (unpaired) electrons. The van der Waals surface area contributed by atoms with Gasteiger partial charge in [-0.2, -0.15) is 0 Å². The fourth-order valence-electron chi connectivity index (χ4n) is 1.88. The fraction of sp³-hybridized carbons (Fsp3) is 0.375. The maximum absolute atomic E-state index is 9.11. The number of aromatic nitrogens is 2. The summed E-state index contributed by atoms with van der Waals surface area (Å²) in [5.41, 5.74) is 1.45. The molecule has 1 N–H and O–H groups in total. The van der Waals surface area contributed by atoms with Crippen molar-refractivity contribution in [2.75, 3.05) is 27.4 Å². The predicted molar refractivity (Wildman–Crippen MR) is 81.6 cm³/mol. The van der Waals surface area contributed by atoms with Crippen LogP contribution < -0.4 is 4.74 Å². The first-order chi connectivity index (χ1) is 10.8. The third kappa shape index (κ3) is 4.49. The van der Waals surface area contributed by atoms with Gasteiger partial charge < -0.3 is 19.3 Å². The van der Waals surface area contributed by atoms with Gasteiger partial charge in [-0.3, -0.25) is 0 Å². The molecule has 6 nitrogen and oxygen atoms in total. The smallest absolute Gasteiger partial charge is 0.159 e. The molecule has 1 aromatic heterocycles. The summed E-state index contributed by atoms with van der Waals surface area (Å²) in [4.78, 5) is 8.46. The summed E-state index contributed by atoms with van der Waals surface area (Å²) in [5.74, 6) is 1.31. The summed E-state index contributed by atoms with van der Waals surface area (Å²) in [6.45, 7) is 0.797. The van der Waals surface area contributed by atoms with E-state index >= 15 is 0 Å². The summed E-state index contributed by atoms with van der Waals surface area (Å²) in [5, 5.41) is 9.11. The van der Waals surface area contributed by atoms with Gasteiger partial charge in [0.15, 0.2) is 5.82 Å². The average Bonchev–Trinajstić information content (AvgIpc) is 2.59. The summed E-state index contributed by atoms with van der Waals surface area (Å²) in [6.07, 6.45) is 1.53. The lowest BCUT2D eigenvalue weighted by atomic mass is 10.2. The highest BCUT2D eigenvalue weighted by atomic mass is 16.5. The molecule has 0 aliphatic rings. The predicted octanol–water partition coefficient (Wildman–Crippen LogP) is 1.68. The largest absolute Gasteiger partial charge is 0.491 e. The molecule has 0 spiro atoms. The Bertz CT molecular complexity index is 575. The van der Waals surface area contributed by atoms with Crippen molar-refractivity contribution in [3.8, 4) is 17.1 Å². The molecule has 6 heteroatoms. The van der Waals surface area contributed by atoms with Crippen molar-refractivity contribution >= 4 is 0 Å². The van der Waals surface area contributed by atoms with E-state index in [4.69, 9.17) is 19.3 Å². The van der Waals surface area contributed by atoms with Crippen LogP contribution in [0.2, 0.25) is 0 Å². The second kappa shape index (κ2) is 8.43. The SMILES string of the molecule is COC[C@@H](COc1ccc(-c2nccc(CO)n2)cc1)OC. The first-order valence-electron chi connectivity index (χ1n) is 6.94. The average molecular weight is 304 g/mol. The summed E-state index contributed by atoms with van der Waals surface area (Å²) in [7, 11) is 3.25. The number of methoxy groups -OCH3 is 2. The molecule has 0 aliphatic carbocycles. The fourth-order valence-corrected chi connectivity index (χ4v) is 1.88. The first kappa shape index (κ1) is 16.4. The van der Waals surface area contributed by atoms with Crippen LogP contribution in [0.1, 0.15) is 5.69 Å². The molecule has 0 saturated heterocycles. The second-order valence-electron chi connectivity index (χ2n) is 4.68. The molecular formula is C16H20N2O4. The lowest BCUT2D eigenvalue weighted by Crippen LogP contribution is -2.25. The summed E-state index contributed by atoms with van der Waals surface area (Å²) >= 11 is 0. The van der Waals surface area contributed by atoms with E-state index in [1.165, 1.54) is 0 Å². The van der Waals surface area contributed by atoms with Crippen LogP contribution in [0.5, 0.6) is 5.75 Å². The first-order valence-corrected chi connectivity index (χ1v) is 6.94. The number of aliphatic hydroxyl groups is 1. The number of nitrogens with zero attached hydrogens (tertiary/aromatic N) is 2. The Morgan fingerprint density at radius 1 is 1.09 bits per heavy atom. The lowest BCUT2D eigenvalue weighted by Gasteiger charge is -2.15. The topological polar surface area (TPSA) is 73.7 Å². The van der Waals surface area contributed by atoms with Crippen molar-refractivity contribution in [3.05, 3.63) is 42.2 Å². The van der Waals surface area contributed by atoms with E-state index in [0.29, 0.717) is 24.7 Å². The Kier molecular flexibility index (Phi) is 6.27. The Labute approximate surface area is 129 Å². The molecule has 118 valence electrons. The Hall–Kier alpha value is -2.02. The highest BCUT2D eigenvalue weighted by Crippen LogP contribution is 2.19. The van der Waals surface area contributed by atoms with E-state index in [1.807, 2.05) is 24.3 Å². The molecule has 2 aromatic rings. The molecular weight excluding hydrogens is 284 g/mol. The van der Waals surface area contributed by atoms with Gasteiger partial charge in [0.2, 0.25) is 0 Å². The van der Waals surface area contributed by atoms with E-state index in [2.05, 4.69) is 9.97 Å². The van der Waals surface area contributed by atoms with Gasteiger partial charge in [-0.25, -0.2) is 9.97 Å². The van der Waals surface area contributed by atoms with Crippen LogP contribution in [-0.4, -0.2) is 48.6 Å². The van der Waals surface area contributed by atoms with E-state index in [0.717, 1.165) is 11.3 Å². The third-order valence-corrected chi connectivity index (χ3v) is 3.11. The number of ether oxygens (including phenoxy) is 3. The Balaban J connectivity index is 2.00. The van der Waals surface area contributed by atoms with Crippen molar-refractivity contribution < 1.29 is 19.3 Å². The molecule has 0 amide bonds. The molecule has 0 saturated carbocycles. The summed E-state index contributed by atoms with van der Waals surface area (Å²) in [6, 6.07) is 9.14. The van der Waals surface area contributed by atoms with Gasteiger partial charge in [-0.15, -0.1) is 0 Å². The van der Waals surface area contributed by atoms with Gasteiger partial charge in [0.25, 0.3) is 0 Å². The molecule has 22 heavy (non-hydrogen) atoms. The van der Waals surface area contributed by atoms with E-state index in [1.54, 1.807) is 26.5 Å². The van der Waals surface area contributed by atoms with Gasteiger partial charge in [0.1, 0.15) is 18.5 Å². The van der Waals surface area contributed by atoms with Crippen LogP contribution in [0.4, 0.5) is 0 Å². The highest BCUT2D eigenvalue weighted by Gasteiger charge is 2.08. The Morgan fingerprint density at radius 3 is 2.50 bits per heavy atom. The van der Waals surface area contributed by atoms with Gasteiger partial charge in [0.05, 0.1) is 18.9 Å². The quantitative estimate of drug-likeness (QED) is 0.800. The Morgan fingerprint density at radius 2 is 1.86 bits per heavy atom. The molecule has 0 unspecified atom stereocenters. The number of aliphatic hydroxyl groups excluding tert-OH is 1. The van der Waals surface area contributed by atoms with Crippen molar-refractivity contribution in [2.45, 2.75) is 12.7 Å². The van der Waals surface area contributed by atoms with Gasteiger partial charge in [-0.05, 0) is 30.3 Å². The van der Waals surface area contributed by atoms with E-state index in [9.17, 15) is 0 Å². The molecule has 1 heterocycles. The molecule has 1 aromatic carbocycles. The van der Waals surface area contributed by atoms with Gasteiger partial charge in [0, 0.05) is 26.0 Å². The standard InChI is InChI=1S/C16H20N2O4/c1-20-10-15(21-2)11-22-14-5-3-12(4-6-14)16-17-8-7-13(9-19)18-16/h3-8,15,19H,9-11H2,1-2H3/t15-/m0/s1. The zero-order valence-electron chi connectivity index (χ0n) is 12.7. The maximum Gasteiger partial charge on any atom is 0.159 e. The molecule has 0 bridgehead atoms. The zero-order valence-corrected chi connectivity index (χ0v) is 12.7. The van der Waals surface area contributed by atoms with E-state index in [-0.39, 0.29) is 12.7 Å². The van der Waals surface area contributed by atoms with Crippen molar-refractivity contribution in [3.63, 3.8) is 0 Å². The number of rotatable bonds is 8.